The Kier molecular flexibility index (Phi) is 8.89. The van der Waals surface area contributed by atoms with Crippen molar-refractivity contribution in [1.29, 1.82) is 0 Å². The molecule has 1 saturated heterocycles. The molecular weight excluding hydrogens is 574 g/mol. The van der Waals surface area contributed by atoms with E-state index in [1.165, 1.54) is 5.69 Å². The second kappa shape index (κ2) is 12.6. The Morgan fingerprint density at radius 1 is 1.05 bits per heavy atom. The van der Waals surface area contributed by atoms with Gasteiger partial charge in [-0.1, -0.05) is 35.7 Å². The number of hydrogen-bond donors (Lipinski definition) is 0. The van der Waals surface area contributed by atoms with E-state index < -0.39 is 5.60 Å². The minimum absolute atomic E-state index is 0.134. The van der Waals surface area contributed by atoms with E-state index in [2.05, 4.69) is 27.9 Å². The average Bonchev–Trinajstić information content (AvgIpc) is 3.01. The van der Waals surface area contributed by atoms with Crippen molar-refractivity contribution in [2.24, 2.45) is 7.05 Å². The van der Waals surface area contributed by atoms with Crippen molar-refractivity contribution in [3.05, 3.63) is 93.2 Å². The number of nitrogens with zero attached hydrogens (tertiary/aromatic N) is 5. The predicted octanol–water partition coefficient (Wildman–Crippen LogP) is 6.07. The van der Waals surface area contributed by atoms with E-state index in [0.717, 1.165) is 37.4 Å². The molecule has 0 spiro atoms. The average molecular weight is 612 g/mol. The zero-order chi connectivity index (χ0) is 31.6. The van der Waals surface area contributed by atoms with Crippen LogP contribution in [0.3, 0.4) is 0 Å². The van der Waals surface area contributed by atoms with Gasteiger partial charge in [-0.3, -0.25) is 9.36 Å². The second-order valence-corrected chi connectivity index (χ2v) is 12.4. The number of benzene rings is 3. The van der Waals surface area contributed by atoms with E-state index in [9.17, 15) is 9.59 Å². The summed E-state index contributed by atoms with van der Waals surface area (Å²) in [5.41, 5.74) is 3.05. The van der Waals surface area contributed by atoms with Gasteiger partial charge in [-0.05, 0) is 81.8 Å². The lowest BCUT2D eigenvalue weighted by molar-refractivity contribution is 0.00695. The second-order valence-electron chi connectivity index (χ2n) is 12.0. The zero-order valence-electron chi connectivity index (χ0n) is 25.9. The number of terminal acetylenes is 1. The first-order valence-corrected chi connectivity index (χ1v) is 15.1. The van der Waals surface area contributed by atoms with Crippen molar-refractivity contribution in [1.82, 2.24) is 9.55 Å². The molecule has 1 atom stereocenters. The van der Waals surface area contributed by atoms with Crippen LogP contribution >= 0.6 is 11.6 Å². The third-order valence-electron chi connectivity index (χ3n) is 7.87. The van der Waals surface area contributed by atoms with Crippen LogP contribution in [0.5, 0.6) is 0 Å². The number of halogens is 1. The first kappa shape index (κ1) is 31.0. The molecule has 0 saturated carbocycles. The summed E-state index contributed by atoms with van der Waals surface area (Å²) >= 11 is 6.87. The van der Waals surface area contributed by atoms with Crippen LogP contribution in [0.2, 0.25) is 5.02 Å². The van der Waals surface area contributed by atoms with Gasteiger partial charge in [0.05, 0.1) is 29.1 Å². The molecule has 0 aliphatic carbocycles. The molecule has 4 aromatic rings. The van der Waals surface area contributed by atoms with Crippen molar-refractivity contribution in [3.8, 4) is 12.3 Å². The molecule has 3 aromatic carbocycles. The standard InChI is InChI=1S/C35H38ClN5O3/c1-7-17-41(27-15-13-25(14-16-27)33(43)44-35(3,4)5)24(2)28-22-29-31(23-30(28)36)37-34(38(6)32(29)42)40-20-18-39(19-21-40)26-11-9-8-10-12-26/h1,8-16,22-24H,17-21H2,2-6H3. The number of carbonyl (C=O) groups excluding carboxylic acids is 1. The lowest BCUT2D eigenvalue weighted by Gasteiger charge is -2.37. The summed E-state index contributed by atoms with van der Waals surface area (Å²) in [5.74, 6) is 2.96. The van der Waals surface area contributed by atoms with E-state index in [1.807, 2.05) is 69.0 Å². The number of rotatable bonds is 7. The summed E-state index contributed by atoms with van der Waals surface area (Å²) in [6, 6.07) is 20.8. The summed E-state index contributed by atoms with van der Waals surface area (Å²) < 4.78 is 7.11. The van der Waals surface area contributed by atoms with Crippen molar-refractivity contribution < 1.29 is 9.53 Å². The topological polar surface area (TPSA) is 70.9 Å². The van der Waals surface area contributed by atoms with Crippen molar-refractivity contribution in [2.75, 3.05) is 47.4 Å². The maximum atomic E-state index is 13.7. The van der Waals surface area contributed by atoms with Crippen LogP contribution in [-0.4, -0.2) is 53.8 Å². The van der Waals surface area contributed by atoms with Crippen molar-refractivity contribution >= 4 is 45.8 Å². The molecule has 1 aromatic heterocycles. The highest BCUT2D eigenvalue weighted by molar-refractivity contribution is 6.32. The number of fused-ring (bicyclic) bond motifs is 1. The number of hydrogen-bond acceptors (Lipinski definition) is 7. The summed E-state index contributed by atoms with van der Waals surface area (Å²) in [4.78, 5) is 37.6. The Balaban J connectivity index is 1.41. The number of ether oxygens (including phenoxy) is 1. The molecule has 8 nitrogen and oxygen atoms in total. The summed E-state index contributed by atoms with van der Waals surface area (Å²) in [5, 5.41) is 0.990. The number of aromatic nitrogens is 2. The van der Waals surface area contributed by atoms with Crippen LogP contribution in [0.25, 0.3) is 10.9 Å². The van der Waals surface area contributed by atoms with Crippen LogP contribution in [0.1, 0.15) is 49.7 Å². The molecule has 1 aliphatic heterocycles. The van der Waals surface area contributed by atoms with Gasteiger partial charge in [0.25, 0.3) is 5.56 Å². The first-order chi connectivity index (χ1) is 21.0. The van der Waals surface area contributed by atoms with E-state index in [0.29, 0.717) is 34.0 Å². The summed E-state index contributed by atoms with van der Waals surface area (Å²) in [6.07, 6.45) is 5.76. The third kappa shape index (κ3) is 6.53. The molecule has 228 valence electrons. The highest BCUT2D eigenvalue weighted by Gasteiger charge is 2.25. The number of anilines is 3. The predicted molar refractivity (Wildman–Crippen MR) is 179 cm³/mol. The maximum Gasteiger partial charge on any atom is 0.338 e. The fraction of sp³-hybridized carbons (Fsp3) is 0.343. The van der Waals surface area contributed by atoms with Crippen LogP contribution in [0.4, 0.5) is 17.3 Å². The van der Waals surface area contributed by atoms with Gasteiger partial charge in [0, 0.05) is 49.6 Å². The van der Waals surface area contributed by atoms with E-state index in [-0.39, 0.29) is 17.6 Å². The van der Waals surface area contributed by atoms with Crippen LogP contribution in [0.15, 0.2) is 71.5 Å². The molecule has 44 heavy (non-hydrogen) atoms. The molecule has 1 fully saturated rings. The lowest BCUT2D eigenvalue weighted by Crippen LogP contribution is -2.48. The van der Waals surface area contributed by atoms with Gasteiger partial charge in [-0.25, -0.2) is 9.78 Å². The molecule has 9 heteroatoms. The number of carbonyl (C=O) groups is 1. The van der Waals surface area contributed by atoms with Gasteiger partial charge < -0.3 is 19.4 Å². The Morgan fingerprint density at radius 2 is 1.68 bits per heavy atom. The smallest absolute Gasteiger partial charge is 0.338 e. The largest absolute Gasteiger partial charge is 0.456 e. The van der Waals surface area contributed by atoms with Gasteiger partial charge in [-0.15, -0.1) is 6.42 Å². The van der Waals surface area contributed by atoms with Crippen LogP contribution in [0, 0.1) is 12.3 Å². The van der Waals surface area contributed by atoms with E-state index in [4.69, 9.17) is 27.7 Å². The third-order valence-corrected chi connectivity index (χ3v) is 8.19. The van der Waals surface area contributed by atoms with Gasteiger partial charge in [0.1, 0.15) is 5.60 Å². The van der Waals surface area contributed by atoms with Crippen molar-refractivity contribution in [2.45, 2.75) is 39.3 Å². The molecule has 0 bridgehead atoms. The Morgan fingerprint density at radius 3 is 2.30 bits per heavy atom. The fourth-order valence-corrected chi connectivity index (χ4v) is 5.86. The van der Waals surface area contributed by atoms with E-state index >= 15 is 0 Å². The van der Waals surface area contributed by atoms with Gasteiger partial charge in [-0.2, -0.15) is 0 Å². The normalized spacial score (nSPS) is 14.3. The highest BCUT2D eigenvalue weighted by Crippen LogP contribution is 2.34. The van der Waals surface area contributed by atoms with Crippen LogP contribution in [-0.2, 0) is 11.8 Å². The van der Waals surface area contributed by atoms with E-state index in [1.54, 1.807) is 29.8 Å². The SMILES string of the molecule is C#CCN(c1ccc(C(=O)OC(C)(C)C)cc1)C(C)c1cc2c(=O)n(C)c(N3CCN(c4ccccc4)CC3)nc2cc1Cl. The molecule has 5 rings (SSSR count). The highest BCUT2D eigenvalue weighted by atomic mass is 35.5. The number of esters is 1. The molecule has 0 radical (unpaired) electrons. The minimum Gasteiger partial charge on any atom is -0.456 e. The molecule has 2 heterocycles. The van der Waals surface area contributed by atoms with Crippen molar-refractivity contribution in [3.63, 3.8) is 0 Å². The molecule has 1 unspecified atom stereocenters. The Hall–Kier alpha value is -4.48. The number of para-hydroxylation sites is 1. The lowest BCUT2D eigenvalue weighted by atomic mass is 10.0. The molecule has 0 amide bonds. The van der Waals surface area contributed by atoms with Gasteiger partial charge in [0.15, 0.2) is 0 Å². The molecular formula is C35H38ClN5O3. The monoisotopic (exact) mass is 611 g/mol. The first-order valence-electron chi connectivity index (χ1n) is 14.8. The summed E-state index contributed by atoms with van der Waals surface area (Å²) in [7, 11) is 1.77. The van der Waals surface area contributed by atoms with Gasteiger partial charge in [0.2, 0.25) is 5.95 Å². The molecule has 0 N–H and O–H groups in total. The Bertz CT molecular complexity index is 1750. The Labute approximate surface area is 263 Å². The fourth-order valence-electron chi connectivity index (χ4n) is 5.55. The van der Waals surface area contributed by atoms with Gasteiger partial charge >= 0.3 is 5.97 Å². The minimum atomic E-state index is -0.587. The summed E-state index contributed by atoms with van der Waals surface area (Å²) in [6.45, 7) is 10.9. The molecule has 1 aliphatic rings. The zero-order valence-corrected chi connectivity index (χ0v) is 26.6. The maximum absolute atomic E-state index is 13.7. The quantitative estimate of drug-likeness (QED) is 0.186. The number of piperazine rings is 1. The van der Waals surface area contributed by atoms with Crippen LogP contribution < -0.4 is 20.3 Å².